The van der Waals surface area contributed by atoms with Gasteiger partial charge in [-0.3, -0.25) is 4.79 Å². The van der Waals surface area contributed by atoms with E-state index >= 15 is 0 Å². The summed E-state index contributed by atoms with van der Waals surface area (Å²) in [6.07, 6.45) is 1.46. The first-order valence-corrected chi connectivity index (χ1v) is 12.5. The number of nitrogens with zero attached hydrogens (tertiary/aromatic N) is 1. The number of halogens is 2. The number of carbonyl (C=O) groups excluding carboxylic acids is 2. The lowest BCUT2D eigenvalue weighted by molar-refractivity contribution is 0.0729. The molecule has 0 aliphatic rings. The predicted octanol–water partition coefficient (Wildman–Crippen LogP) is 6.87. The molecule has 0 fully saturated rings. The van der Waals surface area contributed by atoms with Crippen molar-refractivity contribution < 1.29 is 23.8 Å². The third kappa shape index (κ3) is 7.60. The third-order valence-corrected chi connectivity index (χ3v) is 6.17. The van der Waals surface area contributed by atoms with Gasteiger partial charge in [0.1, 0.15) is 12.4 Å². The van der Waals surface area contributed by atoms with Gasteiger partial charge in [0.05, 0.1) is 18.9 Å². The van der Waals surface area contributed by atoms with Crippen LogP contribution in [0.5, 0.6) is 17.2 Å². The average Bonchev–Trinajstić information content (AvgIpc) is 2.94. The van der Waals surface area contributed by atoms with E-state index in [0.717, 1.165) is 11.1 Å². The highest BCUT2D eigenvalue weighted by Gasteiger charge is 2.13. The first-order valence-electron chi connectivity index (χ1n) is 11.8. The second-order valence-corrected chi connectivity index (χ2v) is 9.26. The molecule has 0 spiro atoms. The largest absolute Gasteiger partial charge is 0.493 e. The second-order valence-electron chi connectivity index (χ2n) is 8.41. The van der Waals surface area contributed by atoms with E-state index in [2.05, 4.69) is 10.5 Å². The fraction of sp³-hybridized carbons (Fsp3) is 0.100. The molecule has 0 bridgehead atoms. The summed E-state index contributed by atoms with van der Waals surface area (Å²) < 4.78 is 16.6. The zero-order chi connectivity index (χ0) is 27.8. The molecule has 0 radical (unpaired) electrons. The van der Waals surface area contributed by atoms with Gasteiger partial charge in [-0.1, -0.05) is 47.0 Å². The third-order valence-electron chi connectivity index (χ3n) is 5.58. The van der Waals surface area contributed by atoms with E-state index in [1.54, 1.807) is 72.8 Å². The Labute approximate surface area is 235 Å². The standard InChI is InChI=1S/C30H24Cl2N2O5/c1-19-3-6-22(7-4-19)30(36)39-27-14-5-20(15-28(27)37-2)17-33-34-29(35)21-9-12-25(13-10-21)38-18-23-8-11-24(31)16-26(23)32/h3-17H,18H2,1-2H3,(H,34,35)/b33-17-. The van der Waals surface area contributed by atoms with Crippen LogP contribution < -0.4 is 19.6 Å². The van der Waals surface area contributed by atoms with Crippen molar-refractivity contribution in [3.05, 3.63) is 123 Å². The van der Waals surface area contributed by atoms with E-state index < -0.39 is 11.9 Å². The molecule has 9 heteroatoms. The summed E-state index contributed by atoms with van der Waals surface area (Å²) in [6, 6.07) is 23.8. The summed E-state index contributed by atoms with van der Waals surface area (Å²) in [5.74, 6) is 0.309. The fourth-order valence-electron chi connectivity index (χ4n) is 3.43. The van der Waals surface area contributed by atoms with Crippen LogP contribution in [0.1, 0.15) is 37.4 Å². The van der Waals surface area contributed by atoms with Crippen molar-refractivity contribution in [2.45, 2.75) is 13.5 Å². The number of carbonyl (C=O) groups is 2. The van der Waals surface area contributed by atoms with Crippen LogP contribution in [0, 0.1) is 6.92 Å². The zero-order valence-corrected chi connectivity index (χ0v) is 22.6. The Hall–Kier alpha value is -4.33. The summed E-state index contributed by atoms with van der Waals surface area (Å²) >= 11 is 12.1. The lowest BCUT2D eigenvalue weighted by atomic mass is 10.1. The Bertz CT molecular complexity index is 1500. The van der Waals surface area contributed by atoms with E-state index in [-0.39, 0.29) is 12.4 Å². The quantitative estimate of drug-likeness (QED) is 0.104. The van der Waals surface area contributed by atoms with Crippen molar-refractivity contribution in [1.29, 1.82) is 0 Å². The SMILES string of the molecule is COc1cc(/C=N\NC(=O)c2ccc(OCc3ccc(Cl)cc3Cl)cc2)ccc1OC(=O)c1ccc(C)cc1. The molecule has 0 saturated carbocycles. The summed E-state index contributed by atoms with van der Waals surface area (Å²) in [6.45, 7) is 2.20. The fourth-order valence-corrected chi connectivity index (χ4v) is 3.89. The molecule has 1 N–H and O–H groups in total. The smallest absolute Gasteiger partial charge is 0.343 e. The molecule has 39 heavy (non-hydrogen) atoms. The summed E-state index contributed by atoms with van der Waals surface area (Å²) in [7, 11) is 1.47. The van der Waals surface area contributed by atoms with E-state index in [9.17, 15) is 9.59 Å². The Morgan fingerprint density at radius 1 is 0.872 bits per heavy atom. The van der Waals surface area contributed by atoms with Gasteiger partial charge in [0.15, 0.2) is 11.5 Å². The van der Waals surface area contributed by atoms with E-state index in [0.29, 0.717) is 38.2 Å². The van der Waals surface area contributed by atoms with Crippen molar-refractivity contribution in [2.24, 2.45) is 5.10 Å². The van der Waals surface area contributed by atoms with Crippen LogP contribution >= 0.6 is 23.2 Å². The van der Waals surface area contributed by atoms with Crippen molar-refractivity contribution in [3.63, 3.8) is 0 Å². The summed E-state index contributed by atoms with van der Waals surface area (Å²) in [5, 5.41) is 5.08. The van der Waals surface area contributed by atoms with Gasteiger partial charge >= 0.3 is 5.97 Å². The van der Waals surface area contributed by atoms with Gasteiger partial charge in [0.2, 0.25) is 0 Å². The normalized spacial score (nSPS) is 10.8. The Kier molecular flexibility index (Phi) is 9.20. The Morgan fingerprint density at radius 2 is 1.59 bits per heavy atom. The zero-order valence-electron chi connectivity index (χ0n) is 21.1. The van der Waals surface area contributed by atoms with Crippen molar-refractivity contribution in [1.82, 2.24) is 5.43 Å². The number of rotatable bonds is 9. The molecule has 0 heterocycles. The van der Waals surface area contributed by atoms with Crippen LogP contribution in [0.25, 0.3) is 0 Å². The predicted molar refractivity (Wildman–Crippen MR) is 151 cm³/mol. The number of hydrazone groups is 1. The second kappa shape index (κ2) is 13.0. The van der Waals surface area contributed by atoms with E-state index in [4.69, 9.17) is 37.4 Å². The van der Waals surface area contributed by atoms with Crippen LogP contribution in [0.4, 0.5) is 0 Å². The minimum atomic E-state index is -0.493. The first kappa shape index (κ1) is 27.7. The number of aryl methyl sites for hydroxylation is 1. The van der Waals surface area contributed by atoms with Gasteiger partial charge in [-0.2, -0.15) is 5.10 Å². The van der Waals surface area contributed by atoms with Crippen molar-refractivity contribution >= 4 is 41.3 Å². The molecule has 1 amide bonds. The number of ether oxygens (including phenoxy) is 3. The highest BCUT2D eigenvalue weighted by Crippen LogP contribution is 2.28. The molecule has 4 rings (SSSR count). The molecule has 198 valence electrons. The minimum Gasteiger partial charge on any atom is -0.493 e. The van der Waals surface area contributed by atoms with Crippen LogP contribution in [-0.4, -0.2) is 25.2 Å². The van der Waals surface area contributed by atoms with Gasteiger partial charge in [-0.25, -0.2) is 10.2 Å². The van der Waals surface area contributed by atoms with E-state index in [1.807, 2.05) is 19.1 Å². The van der Waals surface area contributed by atoms with Crippen LogP contribution in [0.3, 0.4) is 0 Å². The number of hydrogen-bond acceptors (Lipinski definition) is 6. The maximum absolute atomic E-state index is 12.5. The molecule has 4 aromatic carbocycles. The molecule has 0 atom stereocenters. The van der Waals surface area contributed by atoms with Gasteiger partial charge in [-0.05, 0) is 79.2 Å². The topological polar surface area (TPSA) is 86.2 Å². The van der Waals surface area contributed by atoms with Crippen molar-refractivity contribution in [2.75, 3.05) is 7.11 Å². The molecule has 0 saturated heterocycles. The molecule has 7 nitrogen and oxygen atoms in total. The van der Waals surface area contributed by atoms with Gasteiger partial charge in [0, 0.05) is 21.2 Å². The lowest BCUT2D eigenvalue weighted by Crippen LogP contribution is -2.17. The first-order chi connectivity index (χ1) is 18.8. The molecular weight excluding hydrogens is 539 g/mol. The number of esters is 1. The molecule has 0 unspecified atom stereocenters. The van der Waals surface area contributed by atoms with Gasteiger partial charge in [-0.15, -0.1) is 0 Å². The van der Waals surface area contributed by atoms with Crippen LogP contribution in [0.15, 0.2) is 90.0 Å². The number of nitrogens with one attached hydrogen (secondary N) is 1. The maximum atomic E-state index is 12.5. The molecule has 0 aromatic heterocycles. The molecule has 4 aromatic rings. The number of benzene rings is 4. The lowest BCUT2D eigenvalue weighted by Gasteiger charge is -2.10. The average molecular weight is 563 g/mol. The van der Waals surface area contributed by atoms with Crippen LogP contribution in [0.2, 0.25) is 10.0 Å². The minimum absolute atomic E-state index is 0.263. The molecule has 0 aliphatic heterocycles. The number of methoxy groups -OCH3 is 1. The molecule has 0 aliphatic carbocycles. The highest BCUT2D eigenvalue weighted by molar-refractivity contribution is 6.35. The van der Waals surface area contributed by atoms with Gasteiger partial charge in [0.25, 0.3) is 5.91 Å². The molecular formula is C30H24Cl2N2O5. The maximum Gasteiger partial charge on any atom is 0.343 e. The Morgan fingerprint density at radius 3 is 2.28 bits per heavy atom. The Balaban J connectivity index is 1.32. The highest BCUT2D eigenvalue weighted by atomic mass is 35.5. The number of hydrogen-bond donors (Lipinski definition) is 1. The monoisotopic (exact) mass is 562 g/mol. The number of amides is 1. The van der Waals surface area contributed by atoms with Gasteiger partial charge < -0.3 is 14.2 Å². The summed E-state index contributed by atoms with van der Waals surface area (Å²) in [4.78, 5) is 24.9. The summed E-state index contributed by atoms with van der Waals surface area (Å²) in [5.41, 5.74) is 5.79. The van der Waals surface area contributed by atoms with Crippen LogP contribution in [-0.2, 0) is 6.61 Å². The van der Waals surface area contributed by atoms with E-state index in [1.165, 1.54) is 13.3 Å². The van der Waals surface area contributed by atoms with Crippen molar-refractivity contribution in [3.8, 4) is 17.2 Å².